The number of aliphatic carboxylic acids is 1. The van der Waals surface area contributed by atoms with Gasteiger partial charge in [0.1, 0.15) is 6.04 Å². The molecular weight excluding hydrogens is 305 g/mol. The molecule has 0 saturated carbocycles. The average Bonchev–Trinajstić information content (AvgIpc) is 3.04. The number of carboxylic acid groups (broad SMARTS) is 1. The van der Waals surface area contributed by atoms with Gasteiger partial charge in [0.15, 0.2) is 0 Å². The highest BCUT2D eigenvalue weighted by molar-refractivity contribution is 5.88. The van der Waals surface area contributed by atoms with Crippen LogP contribution in [0.4, 0.5) is 13.2 Å². The van der Waals surface area contributed by atoms with Gasteiger partial charge in [0, 0.05) is 26.6 Å². The van der Waals surface area contributed by atoms with Gasteiger partial charge >= 0.3 is 12.1 Å². The van der Waals surface area contributed by atoms with Gasteiger partial charge in [-0.15, -0.1) is 0 Å². The summed E-state index contributed by atoms with van der Waals surface area (Å²) in [4.78, 5) is 37.1. The van der Waals surface area contributed by atoms with Crippen LogP contribution in [-0.2, 0) is 14.4 Å². The van der Waals surface area contributed by atoms with Crippen LogP contribution in [0.2, 0.25) is 0 Å². The van der Waals surface area contributed by atoms with E-state index in [0.29, 0.717) is 19.4 Å². The Labute approximate surface area is 124 Å². The monoisotopic (exact) mass is 322 g/mol. The number of carbonyl (C=O) groups is 3. The van der Waals surface area contributed by atoms with Gasteiger partial charge in [-0.3, -0.25) is 14.4 Å². The van der Waals surface area contributed by atoms with E-state index in [2.05, 4.69) is 0 Å². The summed E-state index contributed by atoms with van der Waals surface area (Å²) in [6, 6.07) is -0.779. The molecule has 1 N–H and O–H groups in total. The lowest BCUT2D eigenvalue weighted by Crippen LogP contribution is -2.46. The van der Waals surface area contributed by atoms with Crippen molar-refractivity contribution < 1.29 is 32.7 Å². The minimum atomic E-state index is -4.67. The van der Waals surface area contributed by atoms with E-state index in [1.807, 2.05) is 0 Å². The number of likely N-dealkylation sites (tertiary alicyclic amines) is 2. The summed E-state index contributed by atoms with van der Waals surface area (Å²) >= 11 is 0. The smallest absolute Gasteiger partial charge is 0.394 e. The lowest BCUT2D eigenvalue weighted by Gasteiger charge is -2.27. The SMILES string of the molecule is CC(=O)N1CCCC1C(=O)N1C[C@@H](C(F)(F)F)[C@H](C(=O)O)C1. The van der Waals surface area contributed by atoms with E-state index >= 15 is 0 Å². The minimum Gasteiger partial charge on any atom is -0.481 e. The maximum Gasteiger partial charge on any atom is 0.394 e. The van der Waals surface area contributed by atoms with Gasteiger partial charge in [0.2, 0.25) is 11.8 Å². The maximum absolute atomic E-state index is 12.9. The summed E-state index contributed by atoms with van der Waals surface area (Å²) in [6.45, 7) is 0.556. The molecule has 2 amide bonds. The Morgan fingerprint density at radius 2 is 1.82 bits per heavy atom. The molecule has 1 unspecified atom stereocenters. The second-order valence-corrected chi connectivity index (χ2v) is 5.71. The Hall–Kier alpha value is -1.80. The maximum atomic E-state index is 12.9. The number of hydrogen-bond acceptors (Lipinski definition) is 3. The zero-order valence-electron chi connectivity index (χ0n) is 12.0. The predicted octanol–water partition coefficient (Wildman–Crippen LogP) is 0.719. The van der Waals surface area contributed by atoms with Crippen molar-refractivity contribution in [2.24, 2.45) is 11.8 Å². The van der Waals surface area contributed by atoms with E-state index in [0.717, 1.165) is 4.90 Å². The van der Waals surface area contributed by atoms with Crippen molar-refractivity contribution >= 4 is 17.8 Å². The fourth-order valence-corrected chi connectivity index (χ4v) is 3.18. The number of alkyl halides is 3. The molecule has 9 heteroatoms. The molecule has 0 aromatic carbocycles. The molecule has 2 heterocycles. The first kappa shape index (κ1) is 16.6. The Morgan fingerprint density at radius 3 is 2.27 bits per heavy atom. The van der Waals surface area contributed by atoms with Gasteiger partial charge in [-0.25, -0.2) is 0 Å². The van der Waals surface area contributed by atoms with Gasteiger partial charge in [-0.1, -0.05) is 0 Å². The molecule has 2 fully saturated rings. The van der Waals surface area contributed by atoms with E-state index in [1.165, 1.54) is 11.8 Å². The summed E-state index contributed by atoms with van der Waals surface area (Å²) in [7, 11) is 0. The first-order valence-electron chi connectivity index (χ1n) is 6.98. The van der Waals surface area contributed by atoms with Crippen molar-refractivity contribution in [1.82, 2.24) is 9.80 Å². The number of amides is 2. The van der Waals surface area contributed by atoms with Gasteiger partial charge < -0.3 is 14.9 Å². The van der Waals surface area contributed by atoms with Crippen LogP contribution < -0.4 is 0 Å². The Balaban J connectivity index is 2.15. The second kappa shape index (κ2) is 5.77. The Morgan fingerprint density at radius 1 is 1.18 bits per heavy atom. The summed E-state index contributed by atoms with van der Waals surface area (Å²) in [5.74, 6) is -6.19. The molecule has 22 heavy (non-hydrogen) atoms. The largest absolute Gasteiger partial charge is 0.481 e. The molecular formula is C13H17F3N2O4. The van der Waals surface area contributed by atoms with Crippen molar-refractivity contribution in [3.8, 4) is 0 Å². The van der Waals surface area contributed by atoms with Crippen LogP contribution in [0.1, 0.15) is 19.8 Å². The third-order valence-corrected chi connectivity index (χ3v) is 4.31. The summed E-state index contributed by atoms with van der Waals surface area (Å²) in [5, 5.41) is 8.95. The first-order chi connectivity index (χ1) is 10.1. The van der Waals surface area contributed by atoms with Gasteiger partial charge in [-0.2, -0.15) is 13.2 Å². The topological polar surface area (TPSA) is 77.9 Å². The highest BCUT2D eigenvalue weighted by Crippen LogP contribution is 2.38. The number of nitrogens with zero attached hydrogens (tertiary/aromatic N) is 2. The number of hydrogen-bond donors (Lipinski definition) is 1. The molecule has 2 saturated heterocycles. The zero-order valence-corrected chi connectivity index (χ0v) is 12.0. The molecule has 0 bridgehead atoms. The lowest BCUT2D eigenvalue weighted by molar-refractivity contribution is -0.188. The molecule has 3 atom stereocenters. The van der Waals surface area contributed by atoms with Crippen LogP contribution >= 0.6 is 0 Å². The van der Waals surface area contributed by atoms with Gasteiger partial charge in [0.25, 0.3) is 0 Å². The fourth-order valence-electron chi connectivity index (χ4n) is 3.18. The van der Waals surface area contributed by atoms with Crippen molar-refractivity contribution in [2.75, 3.05) is 19.6 Å². The highest BCUT2D eigenvalue weighted by Gasteiger charge is 2.54. The molecule has 0 aliphatic carbocycles. The molecule has 0 spiro atoms. The van der Waals surface area contributed by atoms with Crippen LogP contribution in [0.25, 0.3) is 0 Å². The van der Waals surface area contributed by atoms with E-state index < -0.39 is 49.0 Å². The van der Waals surface area contributed by atoms with Crippen LogP contribution in [-0.4, -0.2) is 64.5 Å². The predicted molar refractivity (Wildman–Crippen MR) is 67.7 cm³/mol. The lowest BCUT2D eigenvalue weighted by atomic mass is 9.96. The molecule has 0 aromatic rings. The van der Waals surface area contributed by atoms with E-state index in [9.17, 15) is 27.6 Å². The second-order valence-electron chi connectivity index (χ2n) is 5.71. The fraction of sp³-hybridized carbons (Fsp3) is 0.769. The first-order valence-corrected chi connectivity index (χ1v) is 6.98. The Kier molecular flexibility index (Phi) is 4.35. The quantitative estimate of drug-likeness (QED) is 0.812. The van der Waals surface area contributed by atoms with Crippen molar-refractivity contribution in [2.45, 2.75) is 32.0 Å². The molecule has 124 valence electrons. The van der Waals surface area contributed by atoms with E-state index in [4.69, 9.17) is 5.11 Å². The van der Waals surface area contributed by atoms with Crippen LogP contribution in [0.3, 0.4) is 0 Å². The van der Waals surface area contributed by atoms with Crippen molar-refractivity contribution in [3.05, 3.63) is 0 Å². The average molecular weight is 322 g/mol. The third-order valence-electron chi connectivity index (χ3n) is 4.31. The van der Waals surface area contributed by atoms with Gasteiger partial charge in [0.05, 0.1) is 11.8 Å². The Bertz CT molecular complexity index is 494. The summed E-state index contributed by atoms with van der Waals surface area (Å²) < 4.78 is 38.8. The third kappa shape index (κ3) is 3.02. The number of carboxylic acids is 1. The highest BCUT2D eigenvalue weighted by atomic mass is 19.4. The number of rotatable bonds is 2. The minimum absolute atomic E-state index is 0.308. The van der Waals surface area contributed by atoms with Crippen LogP contribution in [0.5, 0.6) is 0 Å². The zero-order chi connectivity index (χ0) is 16.7. The van der Waals surface area contributed by atoms with Crippen molar-refractivity contribution in [1.29, 1.82) is 0 Å². The van der Waals surface area contributed by atoms with Crippen LogP contribution in [0.15, 0.2) is 0 Å². The standard InChI is InChI=1S/C13H17F3N2O4/c1-7(19)18-4-2-3-10(18)11(20)17-5-8(12(21)22)9(6-17)13(14,15)16/h8-10H,2-6H2,1H3,(H,21,22)/t8-,9-,10?/m1/s1. The van der Waals surface area contributed by atoms with Crippen molar-refractivity contribution in [3.63, 3.8) is 0 Å². The van der Waals surface area contributed by atoms with Gasteiger partial charge in [-0.05, 0) is 12.8 Å². The normalized spacial score (nSPS) is 29.0. The number of halogens is 3. The molecule has 2 rings (SSSR count). The molecule has 0 aromatic heterocycles. The van der Waals surface area contributed by atoms with Crippen LogP contribution in [0, 0.1) is 11.8 Å². The summed E-state index contributed by atoms with van der Waals surface area (Å²) in [6.07, 6.45) is -3.67. The molecule has 6 nitrogen and oxygen atoms in total. The molecule has 0 radical (unpaired) electrons. The van der Waals surface area contributed by atoms with E-state index in [-0.39, 0.29) is 5.91 Å². The number of carbonyl (C=O) groups excluding carboxylic acids is 2. The molecule has 2 aliphatic heterocycles. The van der Waals surface area contributed by atoms with E-state index in [1.54, 1.807) is 0 Å². The molecule has 2 aliphatic rings. The summed E-state index contributed by atoms with van der Waals surface area (Å²) in [5.41, 5.74) is 0.